The highest BCUT2D eigenvalue weighted by molar-refractivity contribution is 5.24. The maximum atomic E-state index is 13.2. The Morgan fingerprint density at radius 1 is 1.41 bits per heavy atom. The second-order valence-electron chi connectivity index (χ2n) is 4.32. The first kappa shape index (κ1) is 13.9. The molecule has 17 heavy (non-hydrogen) atoms. The Hall–Kier alpha value is -1.20. The van der Waals surface area contributed by atoms with Crippen molar-refractivity contribution in [2.45, 2.75) is 25.3 Å². The van der Waals surface area contributed by atoms with E-state index in [2.05, 4.69) is 0 Å². The predicted molar refractivity (Wildman–Crippen MR) is 60.8 cm³/mol. The third kappa shape index (κ3) is 4.28. The van der Waals surface area contributed by atoms with Crippen molar-refractivity contribution in [1.29, 1.82) is 0 Å². The van der Waals surface area contributed by atoms with Gasteiger partial charge in [-0.15, -0.1) is 0 Å². The topological polar surface area (TPSA) is 55.5 Å². The molecule has 0 aliphatic heterocycles. The highest BCUT2D eigenvalue weighted by atomic mass is 19.2. The number of halogens is 2. The number of nitrogens with two attached hydrogens (primary N) is 1. The Morgan fingerprint density at radius 3 is 2.76 bits per heavy atom. The first-order valence-corrected chi connectivity index (χ1v) is 5.43. The maximum absolute atomic E-state index is 13.2. The van der Waals surface area contributed by atoms with Crippen molar-refractivity contribution in [2.24, 2.45) is 5.73 Å². The van der Waals surface area contributed by atoms with Gasteiger partial charge >= 0.3 is 0 Å². The van der Waals surface area contributed by atoms with Crippen molar-refractivity contribution in [3.8, 4) is 5.75 Å². The maximum Gasteiger partial charge on any atom is 0.200 e. The Kier molecular flexibility index (Phi) is 4.84. The van der Waals surface area contributed by atoms with Crippen molar-refractivity contribution in [2.75, 3.05) is 13.2 Å². The van der Waals surface area contributed by atoms with Gasteiger partial charge in [0.1, 0.15) is 0 Å². The molecule has 1 rings (SSSR count). The summed E-state index contributed by atoms with van der Waals surface area (Å²) in [5, 5.41) is 8.92. The number of ether oxygens (including phenoxy) is 1. The zero-order valence-corrected chi connectivity index (χ0v) is 9.75. The number of aliphatic hydroxyl groups is 1. The van der Waals surface area contributed by atoms with Crippen LogP contribution in [0.15, 0.2) is 18.2 Å². The molecule has 0 aliphatic rings. The standard InChI is InChI=1S/C12H17F2NO2/c1-12(15,8-16)6-3-7-17-10-5-2-4-9(13)11(10)14/h2,4-5,16H,3,6-8,15H2,1H3. The minimum absolute atomic E-state index is 0.104. The molecule has 1 aromatic carbocycles. The van der Waals surface area contributed by atoms with Gasteiger partial charge in [0, 0.05) is 5.54 Å². The Bertz CT molecular complexity index is 370. The summed E-state index contributed by atoms with van der Waals surface area (Å²) in [6.45, 7) is 1.82. The van der Waals surface area contributed by atoms with E-state index in [1.807, 2.05) is 0 Å². The molecule has 0 saturated carbocycles. The molecule has 0 amide bonds. The fourth-order valence-corrected chi connectivity index (χ4v) is 1.33. The lowest BCUT2D eigenvalue weighted by molar-refractivity contribution is 0.187. The fourth-order valence-electron chi connectivity index (χ4n) is 1.33. The van der Waals surface area contributed by atoms with Crippen LogP contribution in [0, 0.1) is 11.6 Å². The number of hydrogen-bond acceptors (Lipinski definition) is 3. The molecule has 3 nitrogen and oxygen atoms in total. The molecular weight excluding hydrogens is 228 g/mol. The van der Waals surface area contributed by atoms with Gasteiger partial charge in [-0.1, -0.05) is 6.07 Å². The van der Waals surface area contributed by atoms with Crippen LogP contribution in [0.25, 0.3) is 0 Å². The van der Waals surface area contributed by atoms with Gasteiger partial charge < -0.3 is 15.6 Å². The van der Waals surface area contributed by atoms with Gasteiger partial charge in [0.05, 0.1) is 13.2 Å². The molecule has 0 aliphatic carbocycles. The first-order chi connectivity index (χ1) is 7.96. The molecule has 0 spiro atoms. The summed E-state index contributed by atoms with van der Waals surface area (Å²) >= 11 is 0. The zero-order chi connectivity index (χ0) is 12.9. The van der Waals surface area contributed by atoms with Crippen molar-refractivity contribution in [3.05, 3.63) is 29.8 Å². The van der Waals surface area contributed by atoms with E-state index in [0.717, 1.165) is 6.07 Å². The summed E-state index contributed by atoms with van der Waals surface area (Å²) < 4.78 is 31.1. The van der Waals surface area contributed by atoms with Gasteiger partial charge in [-0.25, -0.2) is 4.39 Å². The highest BCUT2D eigenvalue weighted by Gasteiger charge is 2.16. The second kappa shape index (κ2) is 5.93. The van der Waals surface area contributed by atoms with Crippen LogP contribution in [0.1, 0.15) is 19.8 Å². The normalized spacial score (nSPS) is 14.4. The van der Waals surface area contributed by atoms with E-state index >= 15 is 0 Å². The lowest BCUT2D eigenvalue weighted by Gasteiger charge is -2.21. The number of aliphatic hydroxyl groups excluding tert-OH is 1. The van der Waals surface area contributed by atoms with Crippen LogP contribution in [0.5, 0.6) is 5.75 Å². The van der Waals surface area contributed by atoms with E-state index in [1.54, 1.807) is 6.92 Å². The van der Waals surface area contributed by atoms with Gasteiger partial charge in [0.15, 0.2) is 11.6 Å². The lowest BCUT2D eigenvalue weighted by Crippen LogP contribution is -2.40. The molecular formula is C12H17F2NO2. The van der Waals surface area contributed by atoms with Crippen LogP contribution < -0.4 is 10.5 Å². The monoisotopic (exact) mass is 245 g/mol. The fraction of sp³-hybridized carbons (Fsp3) is 0.500. The van der Waals surface area contributed by atoms with Crippen LogP contribution in [-0.4, -0.2) is 23.9 Å². The van der Waals surface area contributed by atoms with Gasteiger partial charge in [0.2, 0.25) is 5.82 Å². The second-order valence-corrected chi connectivity index (χ2v) is 4.32. The highest BCUT2D eigenvalue weighted by Crippen LogP contribution is 2.19. The average molecular weight is 245 g/mol. The molecule has 1 atom stereocenters. The third-order valence-electron chi connectivity index (χ3n) is 2.43. The largest absolute Gasteiger partial charge is 0.490 e. The van der Waals surface area contributed by atoms with Crippen LogP contribution in [0.4, 0.5) is 8.78 Å². The molecule has 3 N–H and O–H groups in total. The zero-order valence-electron chi connectivity index (χ0n) is 9.75. The molecule has 0 heterocycles. The predicted octanol–water partition coefficient (Wildman–Crippen LogP) is 1.83. The lowest BCUT2D eigenvalue weighted by atomic mass is 9.99. The molecule has 0 bridgehead atoms. The molecule has 1 unspecified atom stereocenters. The SMILES string of the molecule is CC(N)(CO)CCCOc1cccc(F)c1F. The van der Waals surface area contributed by atoms with Crippen molar-refractivity contribution >= 4 is 0 Å². The molecule has 1 aromatic rings. The van der Waals surface area contributed by atoms with Crippen LogP contribution in [0.3, 0.4) is 0 Å². The van der Waals surface area contributed by atoms with Crippen LogP contribution in [-0.2, 0) is 0 Å². The summed E-state index contributed by atoms with van der Waals surface area (Å²) in [6, 6.07) is 3.78. The minimum Gasteiger partial charge on any atom is -0.490 e. The first-order valence-electron chi connectivity index (χ1n) is 5.43. The summed E-state index contributed by atoms with van der Waals surface area (Å²) in [4.78, 5) is 0. The van der Waals surface area contributed by atoms with Crippen LogP contribution >= 0.6 is 0 Å². The Morgan fingerprint density at radius 2 is 2.12 bits per heavy atom. The minimum atomic E-state index is -0.981. The van der Waals surface area contributed by atoms with Gasteiger partial charge in [-0.2, -0.15) is 4.39 Å². The molecule has 5 heteroatoms. The van der Waals surface area contributed by atoms with Gasteiger partial charge in [-0.3, -0.25) is 0 Å². The molecule has 0 saturated heterocycles. The summed E-state index contributed by atoms with van der Waals surface area (Å²) in [6.07, 6.45) is 1.10. The Labute approximate surface area is 99.2 Å². The van der Waals surface area contributed by atoms with Crippen molar-refractivity contribution in [1.82, 2.24) is 0 Å². The summed E-state index contributed by atoms with van der Waals surface area (Å²) in [7, 11) is 0. The van der Waals surface area contributed by atoms with Crippen molar-refractivity contribution in [3.63, 3.8) is 0 Å². The molecule has 0 radical (unpaired) electrons. The average Bonchev–Trinajstić information content (AvgIpc) is 2.30. The Balaban J connectivity index is 2.39. The van der Waals surface area contributed by atoms with E-state index in [4.69, 9.17) is 15.6 Å². The number of rotatable bonds is 6. The van der Waals surface area contributed by atoms with E-state index in [9.17, 15) is 8.78 Å². The quantitative estimate of drug-likeness (QED) is 0.752. The summed E-state index contributed by atoms with van der Waals surface area (Å²) in [5.41, 5.74) is 5.05. The van der Waals surface area contributed by atoms with E-state index < -0.39 is 17.2 Å². The molecule has 0 fully saturated rings. The van der Waals surface area contributed by atoms with Gasteiger partial charge in [0.25, 0.3) is 0 Å². The molecule has 0 aromatic heterocycles. The smallest absolute Gasteiger partial charge is 0.200 e. The number of hydrogen-bond donors (Lipinski definition) is 2. The van der Waals surface area contributed by atoms with E-state index in [0.29, 0.717) is 12.8 Å². The van der Waals surface area contributed by atoms with E-state index in [-0.39, 0.29) is 19.0 Å². The van der Waals surface area contributed by atoms with Gasteiger partial charge in [-0.05, 0) is 31.9 Å². The van der Waals surface area contributed by atoms with Crippen molar-refractivity contribution < 1.29 is 18.6 Å². The van der Waals surface area contributed by atoms with E-state index in [1.165, 1.54) is 12.1 Å². The van der Waals surface area contributed by atoms with Crippen LogP contribution in [0.2, 0.25) is 0 Å². The third-order valence-corrected chi connectivity index (χ3v) is 2.43. The molecule has 96 valence electrons. The number of benzene rings is 1. The summed E-state index contributed by atoms with van der Waals surface area (Å²) in [5.74, 6) is -2.01.